The number of hydrogen-bond acceptors (Lipinski definition) is 10. The van der Waals surface area contributed by atoms with E-state index in [1.165, 1.54) is 66.4 Å². The first kappa shape index (κ1) is 70.4. The molecule has 0 unspecified atom stereocenters. The van der Waals surface area contributed by atoms with Crippen LogP contribution in [0.3, 0.4) is 0 Å². The summed E-state index contributed by atoms with van der Waals surface area (Å²) in [5.41, 5.74) is 25.6. The lowest BCUT2D eigenvalue weighted by atomic mass is 9.73. The molecule has 0 spiro atoms. The number of para-hydroxylation sites is 2. The van der Waals surface area contributed by atoms with Gasteiger partial charge in [-0.1, -0.05) is 182 Å². The van der Waals surface area contributed by atoms with E-state index in [4.69, 9.17) is 37.9 Å². The fourth-order valence-corrected chi connectivity index (χ4v) is 16.3. The van der Waals surface area contributed by atoms with E-state index in [0.717, 1.165) is 98.8 Å². The monoisotopic (exact) mass is 1390 g/mol. The van der Waals surface area contributed by atoms with Crippen LogP contribution in [0.4, 0.5) is 34.1 Å². The van der Waals surface area contributed by atoms with E-state index in [9.17, 15) is 0 Å². The van der Waals surface area contributed by atoms with Gasteiger partial charge in [0.05, 0.1) is 63.9 Å². The second-order valence-corrected chi connectivity index (χ2v) is 27.3. The van der Waals surface area contributed by atoms with E-state index < -0.39 is 10.8 Å². The molecule has 105 heavy (non-hydrogen) atoms. The maximum absolute atomic E-state index is 6.42. The quantitative estimate of drug-likeness (QED) is 0.0364. The Morgan fingerprint density at radius 2 is 0.619 bits per heavy atom. The highest BCUT2D eigenvalue weighted by Crippen LogP contribution is 2.57. The van der Waals surface area contributed by atoms with Crippen molar-refractivity contribution in [1.82, 2.24) is 4.57 Å². The van der Waals surface area contributed by atoms with E-state index >= 15 is 0 Å². The summed E-state index contributed by atoms with van der Waals surface area (Å²) in [5.74, 6) is 0. The molecule has 1 aromatic heterocycles. The molecule has 530 valence electrons. The zero-order valence-electron chi connectivity index (χ0n) is 60.6. The number of fused-ring (bicyclic) bond motifs is 9. The SMILES string of the molecule is COCCOCCC1(CCOCCOC)c2ccccc2-c2ccc(N(c3ccc(-c4ccc5c(c4)c4ccccc4n5-c4ccc(N(c5ccccc5)c5ccc(-c6ccccc6)cc5)cc4)c(-c4ccccc4)c3)c3ccc4c(c3)C(CCOCCOC)(CCOCCOC)c3ccccc3-4)cc21. The maximum atomic E-state index is 6.42. The molecule has 0 saturated carbocycles. The van der Waals surface area contributed by atoms with Gasteiger partial charge in [-0.2, -0.15) is 0 Å². The second-order valence-electron chi connectivity index (χ2n) is 27.3. The van der Waals surface area contributed by atoms with Gasteiger partial charge in [0, 0.05) is 116 Å². The minimum Gasteiger partial charge on any atom is -0.382 e. The van der Waals surface area contributed by atoms with Crippen molar-refractivity contribution in [3.63, 3.8) is 0 Å². The molecule has 1 heterocycles. The predicted octanol–water partition coefficient (Wildman–Crippen LogP) is 21.5. The summed E-state index contributed by atoms with van der Waals surface area (Å²) in [7, 11) is 6.89. The van der Waals surface area contributed by atoms with Crippen LogP contribution in [-0.4, -0.2) is 112 Å². The lowest BCUT2D eigenvalue weighted by Gasteiger charge is -2.35. The molecule has 0 saturated heterocycles. The van der Waals surface area contributed by atoms with Gasteiger partial charge in [-0.15, -0.1) is 0 Å². The van der Waals surface area contributed by atoms with Crippen LogP contribution < -0.4 is 9.80 Å². The summed E-state index contributed by atoms with van der Waals surface area (Å²) < 4.78 is 50.0. The van der Waals surface area contributed by atoms with E-state index in [1.807, 2.05) is 0 Å². The molecule has 0 amide bonds. The van der Waals surface area contributed by atoms with Crippen LogP contribution in [0.15, 0.2) is 285 Å². The molecule has 13 aromatic rings. The molecule has 0 radical (unpaired) electrons. The average molecular weight is 1390 g/mol. The Hall–Kier alpha value is -10.3. The number of benzene rings is 12. The van der Waals surface area contributed by atoms with Crippen LogP contribution in [0, 0.1) is 0 Å². The Kier molecular flexibility index (Phi) is 22.0. The van der Waals surface area contributed by atoms with Crippen LogP contribution in [-0.2, 0) is 48.7 Å². The Bertz CT molecular complexity index is 4900. The fraction of sp³-hybridized carbons (Fsp3) is 0.234. The number of anilines is 6. The number of rotatable bonds is 34. The summed E-state index contributed by atoms with van der Waals surface area (Å²) >= 11 is 0. The van der Waals surface area contributed by atoms with Crippen molar-refractivity contribution in [3.8, 4) is 61.3 Å². The van der Waals surface area contributed by atoms with Gasteiger partial charge >= 0.3 is 0 Å². The van der Waals surface area contributed by atoms with Crippen LogP contribution in [0.25, 0.3) is 83.1 Å². The first-order valence-electron chi connectivity index (χ1n) is 36.8. The van der Waals surface area contributed by atoms with Crippen molar-refractivity contribution < 1.29 is 37.9 Å². The zero-order chi connectivity index (χ0) is 71.4. The van der Waals surface area contributed by atoms with Crippen molar-refractivity contribution in [1.29, 1.82) is 0 Å². The molecule has 11 heteroatoms. The minimum atomic E-state index is -0.446. The van der Waals surface area contributed by atoms with Gasteiger partial charge in [0.1, 0.15) is 0 Å². The number of nitrogens with zero attached hydrogens (tertiary/aromatic N) is 3. The number of ether oxygens (including phenoxy) is 8. The van der Waals surface area contributed by atoms with Crippen LogP contribution in [0.2, 0.25) is 0 Å². The van der Waals surface area contributed by atoms with Gasteiger partial charge in [-0.05, 0) is 207 Å². The van der Waals surface area contributed by atoms with Crippen LogP contribution in [0.1, 0.15) is 47.9 Å². The average Bonchev–Trinajstić information content (AvgIpc) is 1.52. The lowest BCUT2D eigenvalue weighted by Crippen LogP contribution is -2.30. The predicted molar refractivity (Wildman–Crippen MR) is 428 cm³/mol. The van der Waals surface area contributed by atoms with E-state index in [2.05, 4.69) is 299 Å². The first-order valence-corrected chi connectivity index (χ1v) is 36.8. The van der Waals surface area contributed by atoms with Crippen molar-refractivity contribution in [2.24, 2.45) is 0 Å². The van der Waals surface area contributed by atoms with Crippen molar-refractivity contribution >= 4 is 55.9 Å². The first-order chi connectivity index (χ1) is 51.9. The second kappa shape index (κ2) is 32.8. The van der Waals surface area contributed by atoms with Gasteiger partial charge < -0.3 is 52.3 Å². The molecule has 12 aromatic carbocycles. The summed E-state index contributed by atoms with van der Waals surface area (Å²) in [6.45, 7) is 6.30. The Morgan fingerprint density at radius 3 is 1.13 bits per heavy atom. The molecule has 2 aliphatic rings. The normalized spacial score (nSPS) is 13.1. The molecular formula is C94H91N3O8. The van der Waals surface area contributed by atoms with Gasteiger partial charge in [0.2, 0.25) is 0 Å². The topological polar surface area (TPSA) is 85.3 Å². The standard InChI is InChI=1S/C94H91N3O8/c1-98-56-60-102-52-48-93(49-53-103-61-57-99-2)87-29-17-14-26-80(87)82-45-42-77(66-89(82)93)96(78-43-46-83-81-27-15-18-30-88(81)94(90(83)67-78,50-54-104-62-58-100-3)51-55-105-63-59-101-4)76-41-44-79(85(65-76)70-22-10-6-11-23-70)71-34-47-92-86(64-71)84-28-16-19-31-91(84)97(92)75-39-37-74(38-40-75)95(72-24-12-7-13-25-72)73-35-32-69(33-36-73)68-20-8-5-9-21-68/h5-47,64-67H,48-63H2,1-4H3. The minimum absolute atomic E-state index is 0.446. The molecule has 0 fully saturated rings. The molecule has 11 nitrogen and oxygen atoms in total. The highest BCUT2D eigenvalue weighted by molar-refractivity contribution is 6.11. The Morgan fingerprint density at radius 1 is 0.248 bits per heavy atom. The van der Waals surface area contributed by atoms with Crippen molar-refractivity contribution in [2.75, 3.05) is 118 Å². The van der Waals surface area contributed by atoms with Crippen LogP contribution >= 0.6 is 0 Å². The van der Waals surface area contributed by atoms with E-state index in [-0.39, 0.29) is 0 Å². The summed E-state index contributed by atoms with van der Waals surface area (Å²) in [6.07, 6.45) is 2.99. The molecule has 0 atom stereocenters. The number of methoxy groups -OCH3 is 4. The van der Waals surface area contributed by atoms with E-state index in [1.54, 1.807) is 28.4 Å². The number of aromatic nitrogens is 1. The summed E-state index contributed by atoms with van der Waals surface area (Å²) in [4.78, 5) is 4.83. The molecule has 0 N–H and O–H groups in total. The highest BCUT2D eigenvalue weighted by Gasteiger charge is 2.45. The van der Waals surface area contributed by atoms with Crippen LogP contribution in [0.5, 0.6) is 0 Å². The lowest BCUT2D eigenvalue weighted by molar-refractivity contribution is 0.0490. The smallest absolute Gasteiger partial charge is 0.0700 e. The van der Waals surface area contributed by atoms with Gasteiger partial charge in [-0.3, -0.25) is 0 Å². The fourth-order valence-electron chi connectivity index (χ4n) is 16.3. The Labute approximate surface area is 617 Å². The van der Waals surface area contributed by atoms with Crippen molar-refractivity contribution in [3.05, 3.63) is 307 Å². The molecule has 0 bridgehead atoms. The molecule has 2 aliphatic carbocycles. The molecule has 15 rings (SSSR count). The third kappa shape index (κ3) is 14.3. The van der Waals surface area contributed by atoms with E-state index in [0.29, 0.717) is 79.3 Å². The third-order valence-electron chi connectivity index (χ3n) is 21.4. The zero-order valence-corrected chi connectivity index (χ0v) is 60.6. The summed E-state index contributed by atoms with van der Waals surface area (Å²) in [6, 6.07) is 105. The maximum Gasteiger partial charge on any atom is 0.0700 e. The molecule has 0 aliphatic heterocycles. The van der Waals surface area contributed by atoms with Gasteiger partial charge in [-0.25, -0.2) is 0 Å². The Balaban J connectivity index is 0.870. The highest BCUT2D eigenvalue weighted by atomic mass is 16.5. The third-order valence-corrected chi connectivity index (χ3v) is 21.4. The van der Waals surface area contributed by atoms with Crippen molar-refractivity contribution in [2.45, 2.75) is 36.5 Å². The molecular weight excluding hydrogens is 1300 g/mol. The largest absolute Gasteiger partial charge is 0.382 e. The van der Waals surface area contributed by atoms with Gasteiger partial charge in [0.25, 0.3) is 0 Å². The van der Waals surface area contributed by atoms with Gasteiger partial charge in [0.15, 0.2) is 0 Å². The summed E-state index contributed by atoms with van der Waals surface area (Å²) in [5, 5.41) is 2.36. The number of hydrogen-bond donors (Lipinski definition) is 0.